The Labute approximate surface area is 96.8 Å². The summed E-state index contributed by atoms with van der Waals surface area (Å²) in [6, 6.07) is 7.02. The molecule has 1 N–H and O–H groups in total. The summed E-state index contributed by atoms with van der Waals surface area (Å²) in [5.41, 5.74) is 2.43. The largest absolute Gasteiger partial charge is 0.310 e. The van der Waals surface area contributed by atoms with Gasteiger partial charge in [-0.1, -0.05) is 30.7 Å². The van der Waals surface area contributed by atoms with Gasteiger partial charge >= 0.3 is 0 Å². The Morgan fingerprint density at radius 1 is 1.40 bits per heavy atom. The van der Waals surface area contributed by atoms with Crippen molar-refractivity contribution < 1.29 is 0 Å². The molecule has 1 fully saturated rings. The topological polar surface area (TPSA) is 12.0 Å². The lowest BCUT2D eigenvalue weighted by molar-refractivity contribution is 0.240. The van der Waals surface area contributed by atoms with E-state index in [0.717, 1.165) is 29.1 Å². The highest BCUT2D eigenvalue weighted by atomic mass is 35.5. The van der Waals surface area contributed by atoms with Gasteiger partial charge in [0.05, 0.1) is 0 Å². The maximum atomic E-state index is 6.07. The van der Waals surface area contributed by atoms with Gasteiger partial charge in [-0.15, -0.1) is 0 Å². The van der Waals surface area contributed by atoms with E-state index in [1.165, 1.54) is 18.4 Å². The zero-order valence-corrected chi connectivity index (χ0v) is 10.1. The lowest BCUT2D eigenvalue weighted by atomic mass is 9.82. The summed E-state index contributed by atoms with van der Waals surface area (Å²) in [6.45, 7) is 5.28. The van der Waals surface area contributed by atoms with E-state index in [2.05, 4.69) is 30.4 Å². The lowest BCUT2D eigenvalue weighted by Crippen LogP contribution is -2.39. The molecule has 15 heavy (non-hydrogen) atoms. The third-order valence-corrected chi connectivity index (χ3v) is 3.61. The zero-order valence-electron chi connectivity index (χ0n) is 9.39. The molecule has 0 spiro atoms. The van der Waals surface area contributed by atoms with Crippen LogP contribution in [0, 0.1) is 12.8 Å². The highest BCUT2D eigenvalue weighted by molar-refractivity contribution is 6.31. The van der Waals surface area contributed by atoms with Crippen molar-refractivity contribution in [3.63, 3.8) is 0 Å². The molecule has 0 radical (unpaired) electrons. The van der Waals surface area contributed by atoms with Crippen LogP contribution in [0.5, 0.6) is 0 Å². The predicted molar refractivity (Wildman–Crippen MR) is 65.2 cm³/mol. The number of halogens is 1. The summed E-state index contributed by atoms with van der Waals surface area (Å²) in [7, 11) is 0. The molecule has 1 aromatic rings. The van der Waals surface area contributed by atoms with Gasteiger partial charge in [0.1, 0.15) is 0 Å². The normalized spacial score (nSPS) is 25.0. The summed E-state index contributed by atoms with van der Waals surface area (Å²) in [6.07, 6.45) is 2.64. The minimum Gasteiger partial charge on any atom is -0.310 e. The predicted octanol–water partition coefficient (Wildman–Crippen LogP) is 3.54. The van der Waals surface area contributed by atoms with Crippen LogP contribution in [0.4, 0.5) is 0 Å². The van der Waals surface area contributed by atoms with Gasteiger partial charge in [0.15, 0.2) is 0 Å². The molecule has 82 valence electrons. The molecule has 0 heterocycles. The first-order chi connectivity index (χ1) is 7.15. The van der Waals surface area contributed by atoms with Crippen LogP contribution in [0.15, 0.2) is 18.2 Å². The highest BCUT2D eigenvalue weighted by Gasteiger charge is 2.24. The first-order valence-corrected chi connectivity index (χ1v) is 6.01. The molecule has 0 aromatic heterocycles. The Hall–Kier alpha value is -0.530. The van der Waals surface area contributed by atoms with Crippen LogP contribution >= 0.6 is 11.6 Å². The molecule has 1 saturated carbocycles. The molecule has 0 aliphatic heterocycles. The Balaban J connectivity index is 1.86. The molecule has 0 amide bonds. The summed E-state index contributed by atoms with van der Waals surface area (Å²) < 4.78 is 0. The molecule has 1 nitrogen and oxygen atoms in total. The van der Waals surface area contributed by atoms with Gasteiger partial charge in [0.25, 0.3) is 0 Å². The van der Waals surface area contributed by atoms with Crippen LogP contribution in [0.25, 0.3) is 0 Å². The SMILES string of the molecule is Cc1ccc(CNC2CC(C)C2)cc1Cl. The van der Waals surface area contributed by atoms with Crippen LogP contribution in [0.3, 0.4) is 0 Å². The van der Waals surface area contributed by atoms with E-state index < -0.39 is 0 Å². The number of hydrogen-bond donors (Lipinski definition) is 1. The first-order valence-electron chi connectivity index (χ1n) is 5.63. The number of aryl methyl sites for hydroxylation is 1. The van der Waals surface area contributed by atoms with E-state index in [1.807, 2.05) is 6.92 Å². The quantitative estimate of drug-likeness (QED) is 0.827. The summed E-state index contributed by atoms with van der Waals surface area (Å²) in [4.78, 5) is 0. The van der Waals surface area contributed by atoms with Gasteiger partial charge in [0.2, 0.25) is 0 Å². The fourth-order valence-electron chi connectivity index (χ4n) is 2.08. The van der Waals surface area contributed by atoms with Crippen molar-refractivity contribution in [1.82, 2.24) is 5.32 Å². The molecule has 0 atom stereocenters. The third kappa shape index (κ3) is 2.73. The standard InChI is InChI=1S/C13H18ClN/c1-9-5-12(6-9)15-8-11-4-3-10(2)13(14)7-11/h3-4,7,9,12,15H,5-6,8H2,1-2H3. The second kappa shape index (κ2) is 4.54. The minimum absolute atomic E-state index is 0.722. The molecule has 0 unspecified atom stereocenters. The van der Waals surface area contributed by atoms with Gasteiger partial charge in [-0.05, 0) is 42.9 Å². The average Bonchev–Trinajstić information content (AvgIpc) is 2.16. The van der Waals surface area contributed by atoms with E-state index in [1.54, 1.807) is 0 Å². The number of rotatable bonds is 3. The third-order valence-electron chi connectivity index (χ3n) is 3.20. The van der Waals surface area contributed by atoms with Crippen LogP contribution < -0.4 is 5.32 Å². The highest BCUT2D eigenvalue weighted by Crippen LogP contribution is 2.26. The van der Waals surface area contributed by atoms with Crippen LogP contribution in [-0.2, 0) is 6.54 Å². The Bertz CT molecular complexity index is 342. The molecule has 1 aliphatic rings. The fraction of sp³-hybridized carbons (Fsp3) is 0.538. The summed E-state index contributed by atoms with van der Waals surface area (Å²) >= 11 is 6.07. The maximum absolute atomic E-state index is 6.07. The monoisotopic (exact) mass is 223 g/mol. The molecule has 0 saturated heterocycles. The summed E-state index contributed by atoms with van der Waals surface area (Å²) in [5.74, 6) is 0.907. The van der Waals surface area contributed by atoms with Gasteiger partial charge in [-0.25, -0.2) is 0 Å². The van der Waals surface area contributed by atoms with Crippen molar-refractivity contribution in [2.24, 2.45) is 5.92 Å². The van der Waals surface area contributed by atoms with Crippen molar-refractivity contribution in [2.45, 2.75) is 39.3 Å². The van der Waals surface area contributed by atoms with Crippen molar-refractivity contribution >= 4 is 11.6 Å². The van der Waals surface area contributed by atoms with Crippen molar-refractivity contribution in [2.75, 3.05) is 0 Å². The molecular weight excluding hydrogens is 206 g/mol. The minimum atomic E-state index is 0.722. The first kappa shape index (κ1) is 11.0. The van der Waals surface area contributed by atoms with Crippen molar-refractivity contribution in [1.29, 1.82) is 0 Å². The summed E-state index contributed by atoms with van der Waals surface area (Å²) in [5, 5.41) is 4.43. The number of hydrogen-bond acceptors (Lipinski definition) is 1. The van der Waals surface area contributed by atoms with Gasteiger partial charge in [-0.3, -0.25) is 0 Å². The molecule has 2 rings (SSSR count). The van der Waals surface area contributed by atoms with E-state index in [4.69, 9.17) is 11.6 Å². The molecule has 0 bridgehead atoms. The second-order valence-electron chi connectivity index (χ2n) is 4.74. The lowest BCUT2D eigenvalue weighted by Gasteiger charge is -2.33. The van der Waals surface area contributed by atoms with Crippen LogP contribution in [-0.4, -0.2) is 6.04 Å². The Morgan fingerprint density at radius 3 is 2.73 bits per heavy atom. The molecular formula is C13H18ClN. The number of nitrogens with one attached hydrogen (secondary N) is 1. The van der Waals surface area contributed by atoms with Gasteiger partial charge in [0, 0.05) is 17.6 Å². The smallest absolute Gasteiger partial charge is 0.0438 e. The second-order valence-corrected chi connectivity index (χ2v) is 5.15. The fourth-order valence-corrected chi connectivity index (χ4v) is 2.28. The van der Waals surface area contributed by atoms with Crippen LogP contribution in [0.2, 0.25) is 5.02 Å². The molecule has 2 heteroatoms. The maximum Gasteiger partial charge on any atom is 0.0438 e. The van der Waals surface area contributed by atoms with E-state index in [0.29, 0.717) is 0 Å². The Morgan fingerprint density at radius 2 is 2.13 bits per heavy atom. The molecule has 1 aromatic carbocycles. The van der Waals surface area contributed by atoms with Gasteiger partial charge in [-0.2, -0.15) is 0 Å². The van der Waals surface area contributed by atoms with E-state index in [-0.39, 0.29) is 0 Å². The van der Waals surface area contributed by atoms with Crippen molar-refractivity contribution in [3.05, 3.63) is 34.3 Å². The number of benzene rings is 1. The van der Waals surface area contributed by atoms with Gasteiger partial charge < -0.3 is 5.32 Å². The van der Waals surface area contributed by atoms with E-state index >= 15 is 0 Å². The van der Waals surface area contributed by atoms with E-state index in [9.17, 15) is 0 Å². The average molecular weight is 224 g/mol. The molecule has 1 aliphatic carbocycles. The van der Waals surface area contributed by atoms with Crippen LogP contribution in [0.1, 0.15) is 30.9 Å². The van der Waals surface area contributed by atoms with Crippen molar-refractivity contribution in [3.8, 4) is 0 Å². The zero-order chi connectivity index (χ0) is 10.8. The Kier molecular flexibility index (Phi) is 3.32.